The molecule has 1 unspecified atom stereocenters. The molecule has 1 aromatic carbocycles. The number of hydrazone groups is 1. The molecule has 0 saturated carbocycles. The summed E-state index contributed by atoms with van der Waals surface area (Å²) in [6.07, 6.45) is -5.63. The van der Waals surface area contributed by atoms with Gasteiger partial charge in [0.2, 0.25) is 0 Å². The molecule has 0 aliphatic carbocycles. The number of nitrogens with zero attached hydrogens (tertiary/aromatic N) is 2. The maximum absolute atomic E-state index is 13.4. The number of aliphatic hydroxyl groups is 1. The van der Waals surface area contributed by atoms with Crippen molar-refractivity contribution in [2.24, 2.45) is 11.0 Å². The molecule has 0 radical (unpaired) electrons. The first-order valence-electron chi connectivity index (χ1n) is 6.88. The molecule has 1 heterocycles. The Morgan fingerprint density at radius 3 is 2.58 bits per heavy atom. The van der Waals surface area contributed by atoms with E-state index in [-0.39, 0.29) is 22.3 Å². The number of anilines is 1. The highest BCUT2D eigenvalue weighted by Gasteiger charge is 2.62. The summed E-state index contributed by atoms with van der Waals surface area (Å²) in [7, 11) is 0. The summed E-state index contributed by atoms with van der Waals surface area (Å²) in [6.45, 7) is 3.37. The smallest absolute Gasteiger partial charge is 0.362 e. The minimum atomic E-state index is -4.95. The van der Waals surface area contributed by atoms with Gasteiger partial charge in [0.05, 0.1) is 10.7 Å². The highest BCUT2D eigenvalue weighted by Crippen LogP contribution is 2.41. The van der Waals surface area contributed by atoms with E-state index in [1.54, 1.807) is 13.8 Å². The molecule has 0 bridgehead atoms. The molecule has 1 aromatic rings. The zero-order chi connectivity index (χ0) is 18.3. The van der Waals surface area contributed by atoms with Gasteiger partial charge in [0.15, 0.2) is 5.11 Å². The van der Waals surface area contributed by atoms with E-state index in [9.17, 15) is 18.3 Å². The fourth-order valence-electron chi connectivity index (χ4n) is 2.09. The first-order chi connectivity index (χ1) is 11.0. The van der Waals surface area contributed by atoms with Crippen LogP contribution in [0.4, 0.5) is 18.9 Å². The minimum Gasteiger partial charge on any atom is -0.362 e. The number of hydrogen-bond donors (Lipinski definition) is 2. The van der Waals surface area contributed by atoms with Crippen LogP contribution in [0.2, 0.25) is 10.0 Å². The van der Waals surface area contributed by atoms with Gasteiger partial charge in [-0.05, 0) is 36.3 Å². The van der Waals surface area contributed by atoms with Crippen LogP contribution in [-0.2, 0) is 0 Å². The lowest BCUT2D eigenvalue weighted by Crippen LogP contribution is -2.57. The topological polar surface area (TPSA) is 47.9 Å². The van der Waals surface area contributed by atoms with Crippen LogP contribution in [0.25, 0.3) is 0 Å². The zero-order valence-corrected chi connectivity index (χ0v) is 15.0. The molecule has 0 saturated heterocycles. The molecule has 1 aliphatic heterocycles. The Hall–Kier alpha value is -1.09. The number of hydrogen-bond acceptors (Lipinski definition) is 3. The Morgan fingerprint density at radius 2 is 2.04 bits per heavy atom. The van der Waals surface area contributed by atoms with Crippen molar-refractivity contribution in [2.45, 2.75) is 32.2 Å². The molecule has 2 N–H and O–H groups in total. The number of thiocarbonyl (C=S) groups is 1. The summed E-state index contributed by atoms with van der Waals surface area (Å²) >= 11 is 16.8. The lowest BCUT2D eigenvalue weighted by Gasteiger charge is -2.34. The van der Waals surface area contributed by atoms with Gasteiger partial charge in [-0.2, -0.15) is 23.3 Å². The minimum absolute atomic E-state index is 0.191. The Kier molecular flexibility index (Phi) is 5.34. The Bertz CT molecular complexity index is 696. The van der Waals surface area contributed by atoms with E-state index >= 15 is 0 Å². The van der Waals surface area contributed by atoms with E-state index in [2.05, 4.69) is 10.4 Å². The predicted octanol–water partition coefficient (Wildman–Crippen LogP) is 4.66. The van der Waals surface area contributed by atoms with Gasteiger partial charge in [-0.25, -0.2) is 0 Å². The van der Waals surface area contributed by atoms with Crippen molar-refractivity contribution >= 4 is 51.9 Å². The van der Waals surface area contributed by atoms with E-state index in [4.69, 9.17) is 35.4 Å². The van der Waals surface area contributed by atoms with Gasteiger partial charge < -0.3 is 10.4 Å². The van der Waals surface area contributed by atoms with Crippen molar-refractivity contribution in [3.05, 3.63) is 28.2 Å². The van der Waals surface area contributed by atoms with Gasteiger partial charge >= 0.3 is 6.18 Å². The first kappa shape index (κ1) is 19.2. The fraction of sp³-hybridized carbons (Fsp3) is 0.429. The molecule has 132 valence electrons. The summed E-state index contributed by atoms with van der Waals surface area (Å²) in [5.41, 5.74) is -2.80. The van der Waals surface area contributed by atoms with E-state index in [1.807, 2.05) is 0 Å². The van der Waals surface area contributed by atoms with Crippen molar-refractivity contribution in [2.75, 3.05) is 5.32 Å². The third kappa shape index (κ3) is 3.61. The molecular formula is C14H14Cl2F3N3OS. The Morgan fingerprint density at radius 1 is 1.42 bits per heavy atom. The third-order valence-corrected chi connectivity index (χ3v) is 4.33. The van der Waals surface area contributed by atoms with Crippen LogP contribution >= 0.6 is 35.4 Å². The molecule has 4 nitrogen and oxygen atoms in total. The second kappa shape index (κ2) is 6.67. The standard InChI is InChI=1S/C14H14Cl2F3N3OS/c1-7(2)11-6-13(23,14(17,18)19)22(21-11)12(24)20-10-5-8(15)3-4-9(10)16/h3-5,7,23H,6H2,1-2H3,(H,20,24). The third-order valence-electron chi connectivity index (χ3n) is 3.49. The largest absolute Gasteiger partial charge is 0.438 e. The summed E-state index contributed by atoms with van der Waals surface area (Å²) < 4.78 is 40.1. The van der Waals surface area contributed by atoms with Crippen molar-refractivity contribution in [3.63, 3.8) is 0 Å². The summed E-state index contributed by atoms with van der Waals surface area (Å²) in [5, 5.41) is 17.1. The average Bonchev–Trinajstić information content (AvgIpc) is 2.82. The number of rotatable bonds is 2. The second-order valence-corrected chi connectivity index (χ2v) is 6.83. The second-order valence-electron chi connectivity index (χ2n) is 5.60. The number of nitrogens with one attached hydrogen (secondary N) is 1. The SMILES string of the molecule is CC(C)C1=NN(C(=S)Nc2cc(Cl)ccc2Cl)C(O)(C(F)(F)F)C1. The summed E-state index contributed by atoms with van der Waals surface area (Å²) in [4.78, 5) is 0. The highest BCUT2D eigenvalue weighted by molar-refractivity contribution is 7.80. The number of benzene rings is 1. The molecule has 24 heavy (non-hydrogen) atoms. The molecule has 0 amide bonds. The van der Waals surface area contributed by atoms with Gasteiger partial charge in [0.25, 0.3) is 5.72 Å². The Labute approximate surface area is 152 Å². The van der Waals surface area contributed by atoms with Crippen molar-refractivity contribution < 1.29 is 18.3 Å². The average molecular weight is 400 g/mol. The maximum atomic E-state index is 13.4. The molecule has 1 atom stereocenters. The molecule has 10 heteroatoms. The van der Waals surface area contributed by atoms with Gasteiger partial charge in [-0.3, -0.25) is 0 Å². The molecule has 0 spiro atoms. The lowest BCUT2D eigenvalue weighted by molar-refractivity contribution is -0.294. The van der Waals surface area contributed by atoms with E-state index in [0.29, 0.717) is 10.0 Å². The fourth-order valence-corrected chi connectivity index (χ4v) is 2.73. The quantitative estimate of drug-likeness (QED) is 0.710. The van der Waals surface area contributed by atoms with Gasteiger partial charge in [-0.15, -0.1) is 0 Å². The molecule has 0 fully saturated rings. The van der Waals surface area contributed by atoms with E-state index < -0.39 is 23.4 Å². The lowest BCUT2D eigenvalue weighted by atomic mass is 9.99. The normalized spacial score (nSPS) is 21.2. The van der Waals surface area contributed by atoms with Gasteiger partial charge in [0, 0.05) is 17.2 Å². The van der Waals surface area contributed by atoms with Crippen LogP contribution < -0.4 is 5.32 Å². The first-order valence-corrected chi connectivity index (χ1v) is 8.05. The number of alkyl halides is 3. The monoisotopic (exact) mass is 399 g/mol. The molecule has 2 rings (SSSR count). The summed E-state index contributed by atoms with van der Waals surface area (Å²) in [5.74, 6) is -0.276. The molecule has 1 aliphatic rings. The van der Waals surface area contributed by atoms with Gasteiger partial charge in [-0.1, -0.05) is 37.0 Å². The van der Waals surface area contributed by atoms with Crippen molar-refractivity contribution in [3.8, 4) is 0 Å². The van der Waals surface area contributed by atoms with Crippen LogP contribution in [0.3, 0.4) is 0 Å². The van der Waals surface area contributed by atoms with Crippen LogP contribution in [0.5, 0.6) is 0 Å². The molecular weight excluding hydrogens is 386 g/mol. The van der Waals surface area contributed by atoms with Crippen LogP contribution in [0.1, 0.15) is 20.3 Å². The maximum Gasteiger partial charge on any atom is 0.438 e. The highest BCUT2D eigenvalue weighted by atomic mass is 35.5. The van der Waals surface area contributed by atoms with Crippen molar-refractivity contribution in [1.82, 2.24) is 5.01 Å². The predicted molar refractivity (Wildman–Crippen MR) is 92.4 cm³/mol. The van der Waals surface area contributed by atoms with Crippen molar-refractivity contribution in [1.29, 1.82) is 0 Å². The van der Waals surface area contributed by atoms with Gasteiger partial charge in [0.1, 0.15) is 0 Å². The molecule has 0 aromatic heterocycles. The van der Waals surface area contributed by atoms with E-state index in [0.717, 1.165) is 0 Å². The Balaban J connectivity index is 2.35. The van der Waals surface area contributed by atoms with Crippen LogP contribution in [-0.4, -0.2) is 32.8 Å². The van der Waals surface area contributed by atoms with Crippen LogP contribution in [0.15, 0.2) is 23.3 Å². The number of halogens is 5. The summed E-state index contributed by atoms with van der Waals surface area (Å²) in [6, 6.07) is 4.40. The van der Waals surface area contributed by atoms with Crippen LogP contribution in [0, 0.1) is 5.92 Å². The zero-order valence-electron chi connectivity index (χ0n) is 12.7. The van der Waals surface area contributed by atoms with E-state index in [1.165, 1.54) is 18.2 Å².